The third-order valence-corrected chi connectivity index (χ3v) is 7.28. The van der Waals surface area contributed by atoms with Crippen LogP contribution in [-0.4, -0.2) is 44.2 Å². The van der Waals surface area contributed by atoms with Gasteiger partial charge in [0, 0.05) is 19.6 Å². The van der Waals surface area contributed by atoms with Crippen molar-refractivity contribution < 1.29 is 13.2 Å². The van der Waals surface area contributed by atoms with Crippen LogP contribution in [0, 0.1) is 0 Å². The lowest BCUT2D eigenvalue weighted by atomic mass is 10.1. The predicted molar refractivity (Wildman–Crippen MR) is 106 cm³/mol. The van der Waals surface area contributed by atoms with E-state index >= 15 is 0 Å². The Bertz CT molecular complexity index is 830. The maximum atomic E-state index is 12.7. The summed E-state index contributed by atoms with van der Waals surface area (Å²) in [6.07, 6.45) is 2.77. The molecule has 0 saturated carbocycles. The second-order valence-corrected chi connectivity index (χ2v) is 9.09. The van der Waals surface area contributed by atoms with E-state index in [1.54, 1.807) is 29.2 Å². The van der Waals surface area contributed by atoms with Crippen LogP contribution in [0.5, 0.6) is 0 Å². The molecule has 5 nitrogen and oxygen atoms in total. The van der Waals surface area contributed by atoms with Gasteiger partial charge in [0.1, 0.15) is 0 Å². The highest BCUT2D eigenvalue weighted by Gasteiger charge is 2.32. The largest absolute Gasteiger partial charge is 0.338 e. The standard InChI is InChI=1S/C21H26N2O3S/c24-21(22-15-7-10-18-8-3-1-4-9-18)23-16-13-20(14-17-23)27(25,26)19-11-5-2-6-12-19/h1-6,8-9,11-12,20H,7,10,13-17H2,(H,22,24). The molecule has 1 aliphatic rings. The van der Waals surface area contributed by atoms with E-state index in [-0.39, 0.29) is 6.03 Å². The highest BCUT2D eigenvalue weighted by atomic mass is 32.2. The number of nitrogens with one attached hydrogen (secondary N) is 1. The fourth-order valence-electron chi connectivity index (χ4n) is 3.42. The Kier molecular flexibility index (Phi) is 6.50. The van der Waals surface area contributed by atoms with Gasteiger partial charge >= 0.3 is 6.03 Å². The van der Waals surface area contributed by atoms with Crippen molar-refractivity contribution in [1.82, 2.24) is 10.2 Å². The van der Waals surface area contributed by atoms with Gasteiger partial charge < -0.3 is 10.2 Å². The molecular formula is C21H26N2O3S. The molecule has 1 heterocycles. The van der Waals surface area contributed by atoms with Crippen LogP contribution in [0.2, 0.25) is 0 Å². The SMILES string of the molecule is O=C(NCCCc1ccccc1)N1CCC(S(=O)(=O)c2ccccc2)CC1. The summed E-state index contributed by atoms with van der Waals surface area (Å²) in [5, 5.41) is 2.53. The van der Waals surface area contributed by atoms with Gasteiger partial charge in [-0.15, -0.1) is 0 Å². The molecule has 144 valence electrons. The smallest absolute Gasteiger partial charge is 0.317 e. The first-order valence-corrected chi connectivity index (χ1v) is 11.0. The van der Waals surface area contributed by atoms with E-state index < -0.39 is 15.1 Å². The lowest BCUT2D eigenvalue weighted by molar-refractivity contribution is 0.187. The molecule has 1 saturated heterocycles. The highest BCUT2D eigenvalue weighted by molar-refractivity contribution is 7.92. The van der Waals surface area contributed by atoms with Crippen molar-refractivity contribution in [3.8, 4) is 0 Å². The van der Waals surface area contributed by atoms with E-state index in [4.69, 9.17) is 0 Å². The fraction of sp³-hybridized carbons (Fsp3) is 0.381. The minimum Gasteiger partial charge on any atom is -0.338 e. The van der Waals surface area contributed by atoms with Crippen molar-refractivity contribution in [3.05, 3.63) is 66.2 Å². The van der Waals surface area contributed by atoms with Gasteiger partial charge in [0.25, 0.3) is 0 Å². The summed E-state index contributed by atoms with van der Waals surface area (Å²) in [5.41, 5.74) is 1.26. The van der Waals surface area contributed by atoms with Gasteiger partial charge in [-0.25, -0.2) is 13.2 Å². The summed E-state index contributed by atoms with van der Waals surface area (Å²) < 4.78 is 25.4. The summed E-state index contributed by atoms with van der Waals surface area (Å²) in [6, 6.07) is 18.7. The summed E-state index contributed by atoms with van der Waals surface area (Å²) >= 11 is 0. The maximum absolute atomic E-state index is 12.7. The zero-order chi connectivity index (χ0) is 19.1. The van der Waals surface area contributed by atoms with E-state index in [0.29, 0.717) is 37.4 Å². The van der Waals surface area contributed by atoms with E-state index in [1.807, 2.05) is 24.3 Å². The zero-order valence-electron chi connectivity index (χ0n) is 15.4. The van der Waals surface area contributed by atoms with Crippen LogP contribution >= 0.6 is 0 Å². The number of piperidine rings is 1. The van der Waals surface area contributed by atoms with Gasteiger partial charge in [-0.3, -0.25) is 0 Å². The van der Waals surface area contributed by atoms with Gasteiger partial charge in [-0.1, -0.05) is 48.5 Å². The normalized spacial score (nSPS) is 15.5. The van der Waals surface area contributed by atoms with Gasteiger partial charge in [0.2, 0.25) is 0 Å². The second kappa shape index (κ2) is 9.04. The molecule has 1 fully saturated rings. The summed E-state index contributed by atoms with van der Waals surface area (Å²) in [7, 11) is -3.32. The van der Waals surface area contributed by atoms with Crippen molar-refractivity contribution in [2.24, 2.45) is 0 Å². The summed E-state index contributed by atoms with van der Waals surface area (Å²) in [4.78, 5) is 14.4. The minimum atomic E-state index is -3.32. The fourth-order valence-corrected chi connectivity index (χ4v) is 5.17. The molecule has 2 aromatic carbocycles. The van der Waals surface area contributed by atoms with E-state index in [9.17, 15) is 13.2 Å². The molecule has 0 unspecified atom stereocenters. The number of carbonyl (C=O) groups is 1. The monoisotopic (exact) mass is 386 g/mol. The molecule has 1 N–H and O–H groups in total. The molecule has 0 radical (unpaired) electrons. The lowest BCUT2D eigenvalue weighted by Gasteiger charge is -2.31. The van der Waals surface area contributed by atoms with E-state index in [0.717, 1.165) is 12.8 Å². The van der Waals surface area contributed by atoms with Crippen molar-refractivity contribution in [2.45, 2.75) is 35.8 Å². The van der Waals surface area contributed by atoms with Crippen molar-refractivity contribution in [3.63, 3.8) is 0 Å². The molecule has 6 heteroatoms. The molecule has 0 atom stereocenters. The molecule has 2 amide bonds. The molecule has 0 aliphatic carbocycles. The number of rotatable bonds is 6. The number of aryl methyl sites for hydroxylation is 1. The molecule has 0 spiro atoms. The number of hydrogen-bond acceptors (Lipinski definition) is 3. The number of amides is 2. The lowest BCUT2D eigenvalue weighted by Crippen LogP contribution is -2.47. The number of likely N-dealkylation sites (tertiary alicyclic amines) is 1. The molecule has 3 rings (SSSR count). The van der Waals surface area contributed by atoms with Crippen LogP contribution in [0.1, 0.15) is 24.8 Å². The Morgan fingerprint density at radius 3 is 2.19 bits per heavy atom. The highest BCUT2D eigenvalue weighted by Crippen LogP contribution is 2.24. The topological polar surface area (TPSA) is 66.5 Å². The van der Waals surface area contributed by atoms with Crippen molar-refractivity contribution in [1.29, 1.82) is 0 Å². The Hall–Kier alpha value is -2.34. The Labute approximate surface area is 161 Å². The summed E-state index contributed by atoms with van der Waals surface area (Å²) in [5.74, 6) is 0. The molecular weight excluding hydrogens is 360 g/mol. The first-order valence-electron chi connectivity index (χ1n) is 9.43. The summed E-state index contributed by atoms with van der Waals surface area (Å²) in [6.45, 7) is 1.57. The maximum Gasteiger partial charge on any atom is 0.317 e. The van der Waals surface area contributed by atoms with Crippen molar-refractivity contribution >= 4 is 15.9 Å². The molecule has 0 aromatic heterocycles. The molecule has 27 heavy (non-hydrogen) atoms. The zero-order valence-corrected chi connectivity index (χ0v) is 16.2. The number of benzene rings is 2. The van der Waals surface area contributed by atoms with Crippen molar-refractivity contribution in [2.75, 3.05) is 19.6 Å². The van der Waals surface area contributed by atoms with E-state index in [2.05, 4.69) is 17.4 Å². The second-order valence-electron chi connectivity index (χ2n) is 6.87. The van der Waals surface area contributed by atoms with Gasteiger partial charge in [-0.05, 0) is 43.4 Å². The van der Waals surface area contributed by atoms with Gasteiger partial charge in [0.05, 0.1) is 10.1 Å². The number of sulfone groups is 1. The van der Waals surface area contributed by atoms with Crippen LogP contribution in [-0.2, 0) is 16.3 Å². The number of nitrogens with zero attached hydrogens (tertiary/aromatic N) is 1. The van der Waals surface area contributed by atoms with Gasteiger partial charge in [0.15, 0.2) is 9.84 Å². The Balaban J connectivity index is 1.43. The number of carbonyl (C=O) groups excluding carboxylic acids is 1. The number of hydrogen-bond donors (Lipinski definition) is 1. The Morgan fingerprint density at radius 2 is 1.56 bits per heavy atom. The molecule has 1 aliphatic heterocycles. The van der Waals surface area contributed by atoms with Crippen LogP contribution in [0.4, 0.5) is 4.79 Å². The Morgan fingerprint density at radius 1 is 0.963 bits per heavy atom. The van der Waals surface area contributed by atoms with Crippen LogP contribution in [0.3, 0.4) is 0 Å². The first kappa shape index (κ1) is 19.4. The third kappa shape index (κ3) is 5.10. The quantitative estimate of drug-likeness (QED) is 0.775. The molecule has 0 bridgehead atoms. The third-order valence-electron chi connectivity index (χ3n) is 5.00. The van der Waals surface area contributed by atoms with Crippen LogP contribution in [0.15, 0.2) is 65.6 Å². The molecule has 2 aromatic rings. The van der Waals surface area contributed by atoms with E-state index in [1.165, 1.54) is 5.56 Å². The minimum absolute atomic E-state index is 0.0985. The van der Waals surface area contributed by atoms with Gasteiger partial charge in [-0.2, -0.15) is 0 Å². The van der Waals surface area contributed by atoms with Crippen LogP contribution in [0.25, 0.3) is 0 Å². The number of urea groups is 1. The predicted octanol–water partition coefficient (Wildman–Crippen LogP) is 3.27. The average Bonchev–Trinajstić information content (AvgIpc) is 2.72. The first-order chi connectivity index (χ1) is 13.1. The van der Waals surface area contributed by atoms with Crippen LogP contribution < -0.4 is 5.32 Å². The average molecular weight is 387 g/mol.